The fraction of sp³-hybridized carbons (Fsp3) is 0.100. The first-order valence-electron chi connectivity index (χ1n) is 4.35. The van der Waals surface area contributed by atoms with Crippen LogP contribution in [0.25, 0.3) is 11.5 Å². The molecule has 0 aromatic carbocycles. The lowest BCUT2D eigenvalue weighted by Crippen LogP contribution is -1.93. The lowest BCUT2D eigenvalue weighted by molar-refractivity contribution is 1.08. The summed E-state index contributed by atoms with van der Waals surface area (Å²) >= 11 is 8.38. The number of nitrogens with zero attached hydrogens (tertiary/aromatic N) is 2. The normalized spacial score (nSPS) is 10.3. The van der Waals surface area contributed by atoms with Crippen molar-refractivity contribution in [2.24, 2.45) is 0 Å². The standard InChI is InChI=1S/C10H8BrN3S/c1-6-4-9(15)14-10(13-6)8-3-2-7(11)5-12-8/h2-5H,1H3,(H,13,14,15). The maximum atomic E-state index is 5.04. The minimum Gasteiger partial charge on any atom is -0.342 e. The Labute approximate surface area is 101 Å². The summed E-state index contributed by atoms with van der Waals surface area (Å²) in [7, 11) is 0. The van der Waals surface area contributed by atoms with E-state index in [4.69, 9.17) is 12.2 Å². The highest BCUT2D eigenvalue weighted by atomic mass is 79.9. The van der Waals surface area contributed by atoms with Gasteiger partial charge in [0.05, 0.1) is 0 Å². The minimum absolute atomic E-state index is 0.575. The number of aryl methyl sites for hydroxylation is 1. The average molecular weight is 282 g/mol. The van der Waals surface area contributed by atoms with Gasteiger partial charge in [0, 0.05) is 16.4 Å². The summed E-state index contributed by atoms with van der Waals surface area (Å²) in [6, 6.07) is 5.62. The number of aromatic nitrogens is 3. The molecule has 15 heavy (non-hydrogen) atoms. The Bertz CT molecular complexity index is 533. The second-order valence-corrected chi connectivity index (χ2v) is 4.45. The lowest BCUT2D eigenvalue weighted by atomic mass is 10.3. The first-order valence-corrected chi connectivity index (χ1v) is 5.55. The molecule has 0 unspecified atom stereocenters. The van der Waals surface area contributed by atoms with E-state index in [0.717, 1.165) is 15.9 Å². The highest BCUT2D eigenvalue weighted by Gasteiger charge is 2.01. The van der Waals surface area contributed by atoms with Gasteiger partial charge in [-0.1, -0.05) is 12.2 Å². The third-order valence-corrected chi connectivity index (χ3v) is 2.53. The van der Waals surface area contributed by atoms with Crippen LogP contribution in [-0.4, -0.2) is 15.0 Å². The number of hydrogen-bond donors (Lipinski definition) is 1. The molecule has 0 saturated heterocycles. The maximum Gasteiger partial charge on any atom is 0.157 e. The Morgan fingerprint density at radius 2 is 2.20 bits per heavy atom. The van der Waals surface area contributed by atoms with Gasteiger partial charge in [0.2, 0.25) is 0 Å². The van der Waals surface area contributed by atoms with Gasteiger partial charge in [-0.25, -0.2) is 4.98 Å². The Balaban J connectivity index is 2.54. The maximum absolute atomic E-state index is 5.04. The van der Waals surface area contributed by atoms with Crippen molar-refractivity contribution >= 4 is 28.1 Å². The molecule has 2 heterocycles. The largest absolute Gasteiger partial charge is 0.342 e. The first-order chi connectivity index (χ1) is 7.15. The van der Waals surface area contributed by atoms with E-state index >= 15 is 0 Å². The summed E-state index contributed by atoms with van der Waals surface area (Å²) in [5, 5.41) is 0. The second kappa shape index (κ2) is 4.20. The summed E-state index contributed by atoms with van der Waals surface area (Å²) in [4.78, 5) is 11.6. The number of halogens is 1. The van der Waals surface area contributed by atoms with Crippen LogP contribution in [0, 0.1) is 11.6 Å². The Morgan fingerprint density at radius 1 is 1.40 bits per heavy atom. The van der Waals surface area contributed by atoms with Gasteiger partial charge in [-0.05, 0) is 41.1 Å². The summed E-state index contributed by atoms with van der Waals surface area (Å²) in [6.45, 7) is 1.94. The van der Waals surface area contributed by atoms with E-state index in [-0.39, 0.29) is 0 Å². The number of H-pyrrole nitrogens is 1. The van der Waals surface area contributed by atoms with Crippen LogP contribution in [0.5, 0.6) is 0 Å². The van der Waals surface area contributed by atoms with E-state index < -0.39 is 0 Å². The molecule has 2 rings (SSSR count). The number of hydrogen-bond acceptors (Lipinski definition) is 3. The van der Waals surface area contributed by atoms with Crippen LogP contribution in [0.3, 0.4) is 0 Å². The molecule has 0 bridgehead atoms. The van der Waals surface area contributed by atoms with E-state index in [2.05, 4.69) is 30.9 Å². The Hall–Kier alpha value is -1.07. The zero-order valence-electron chi connectivity index (χ0n) is 7.99. The van der Waals surface area contributed by atoms with Gasteiger partial charge in [-0.15, -0.1) is 0 Å². The Morgan fingerprint density at radius 3 is 2.80 bits per heavy atom. The summed E-state index contributed by atoms with van der Waals surface area (Å²) in [5.74, 6) is 0.701. The van der Waals surface area contributed by atoms with Crippen LogP contribution >= 0.6 is 28.1 Å². The molecular formula is C10H8BrN3S. The van der Waals surface area contributed by atoms with Gasteiger partial charge in [-0.2, -0.15) is 0 Å². The van der Waals surface area contributed by atoms with Gasteiger partial charge in [0.1, 0.15) is 10.3 Å². The molecule has 3 nitrogen and oxygen atoms in total. The Kier molecular flexibility index (Phi) is 2.93. The SMILES string of the molecule is Cc1cc(=S)nc(-c2ccc(Br)cn2)[nH]1. The summed E-state index contributed by atoms with van der Waals surface area (Å²) in [5.41, 5.74) is 1.77. The molecule has 0 spiro atoms. The van der Waals surface area contributed by atoms with Crippen molar-refractivity contribution in [1.82, 2.24) is 15.0 Å². The predicted molar refractivity (Wildman–Crippen MR) is 65.1 cm³/mol. The van der Waals surface area contributed by atoms with E-state index in [9.17, 15) is 0 Å². The zero-order valence-corrected chi connectivity index (χ0v) is 10.4. The van der Waals surface area contributed by atoms with Crippen molar-refractivity contribution in [1.29, 1.82) is 0 Å². The first kappa shape index (κ1) is 10.4. The molecule has 0 aliphatic carbocycles. The number of rotatable bonds is 1. The van der Waals surface area contributed by atoms with Gasteiger partial charge in [0.15, 0.2) is 5.82 Å². The fourth-order valence-corrected chi connectivity index (χ4v) is 1.72. The van der Waals surface area contributed by atoms with Crippen molar-refractivity contribution in [2.45, 2.75) is 6.92 Å². The third kappa shape index (κ3) is 2.49. The topological polar surface area (TPSA) is 41.6 Å². The minimum atomic E-state index is 0.575. The molecule has 0 aliphatic heterocycles. The molecule has 0 aliphatic rings. The molecule has 0 atom stereocenters. The highest BCUT2D eigenvalue weighted by molar-refractivity contribution is 9.10. The number of aromatic amines is 1. The molecule has 0 fully saturated rings. The monoisotopic (exact) mass is 281 g/mol. The number of pyridine rings is 1. The van der Waals surface area contributed by atoms with Gasteiger partial charge < -0.3 is 4.98 Å². The van der Waals surface area contributed by atoms with Crippen molar-refractivity contribution in [2.75, 3.05) is 0 Å². The van der Waals surface area contributed by atoms with Crippen LogP contribution < -0.4 is 0 Å². The summed E-state index contributed by atoms with van der Waals surface area (Å²) < 4.78 is 1.52. The molecule has 0 amide bonds. The molecular weight excluding hydrogens is 274 g/mol. The molecule has 5 heteroatoms. The van der Waals surface area contributed by atoms with Gasteiger partial charge >= 0.3 is 0 Å². The molecule has 0 saturated carbocycles. The van der Waals surface area contributed by atoms with Crippen molar-refractivity contribution in [3.05, 3.63) is 39.2 Å². The van der Waals surface area contributed by atoms with Crippen molar-refractivity contribution in [3.8, 4) is 11.5 Å². The van der Waals surface area contributed by atoms with E-state index in [1.54, 1.807) is 6.20 Å². The van der Waals surface area contributed by atoms with E-state index in [0.29, 0.717) is 10.5 Å². The third-order valence-electron chi connectivity index (χ3n) is 1.85. The fourth-order valence-electron chi connectivity index (χ4n) is 1.22. The van der Waals surface area contributed by atoms with Crippen LogP contribution in [0.15, 0.2) is 28.9 Å². The van der Waals surface area contributed by atoms with Crippen molar-refractivity contribution < 1.29 is 0 Å². The van der Waals surface area contributed by atoms with Gasteiger partial charge in [-0.3, -0.25) is 4.98 Å². The zero-order chi connectivity index (χ0) is 10.8. The second-order valence-electron chi connectivity index (χ2n) is 3.11. The van der Waals surface area contributed by atoms with Crippen LogP contribution in [0.1, 0.15) is 5.69 Å². The van der Waals surface area contributed by atoms with Gasteiger partial charge in [0.25, 0.3) is 0 Å². The van der Waals surface area contributed by atoms with Crippen LogP contribution in [0.2, 0.25) is 0 Å². The van der Waals surface area contributed by atoms with Crippen LogP contribution in [-0.2, 0) is 0 Å². The average Bonchev–Trinajstić information content (AvgIpc) is 2.17. The summed E-state index contributed by atoms with van der Waals surface area (Å²) in [6.07, 6.45) is 1.73. The van der Waals surface area contributed by atoms with Crippen molar-refractivity contribution in [3.63, 3.8) is 0 Å². The molecule has 0 radical (unpaired) electrons. The van der Waals surface area contributed by atoms with Crippen LogP contribution in [0.4, 0.5) is 0 Å². The molecule has 1 N–H and O–H groups in total. The van der Waals surface area contributed by atoms with E-state index in [1.165, 1.54) is 0 Å². The van der Waals surface area contributed by atoms with E-state index in [1.807, 2.05) is 25.1 Å². The highest BCUT2D eigenvalue weighted by Crippen LogP contribution is 2.15. The predicted octanol–water partition coefficient (Wildman–Crippen LogP) is 3.27. The smallest absolute Gasteiger partial charge is 0.157 e. The lowest BCUT2D eigenvalue weighted by Gasteiger charge is -2.01. The molecule has 2 aromatic heterocycles. The number of nitrogens with one attached hydrogen (secondary N) is 1. The quantitative estimate of drug-likeness (QED) is 0.816. The molecule has 76 valence electrons. The molecule has 2 aromatic rings.